The van der Waals surface area contributed by atoms with Gasteiger partial charge in [-0.05, 0) is 85.4 Å². The largest absolute Gasteiger partial charge is 0.497 e. The van der Waals surface area contributed by atoms with Gasteiger partial charge in [0.05, 0.1) is 14.2 Å². The van der Waals surface area contributed by atoms with Crippen LogP contribution in [0, 0.1) is 5.92 Å². The van der Waals surface area contributed by atoms with Gasteiger partial charge in [0.1, 0.15) is 11.5 Å². The van der Waals surface area contributed by atoms with Gasteiger partial charge in [-0.15, -0.1) is 0 Å². The molecule has 0 spiro atoms. The van der Waals surface area contributed by atoms with Crippen LogP contribution in [0.25, 0.3) is 0 Å². The summed E-state index contributed by atoms with van der Waals surface area (Å²) in [5, 5.41) is 9.65. The zero-order valence-electron chi connectivity index (χ0n) is 20.9. The Morgan fingerprint density at radius 1 is 0.875 bits per heavy atom. The normalized spacial score (nSPS) is 13.0. The minimum Gasteiger partial charge on any atom is -0.497 e. The van der Waals surface area contributed by atoms with E-state index < -0.39 is 8.32 Å². The average Bonchev–Trinajstić information content (AvgIpc) is 2.78. The zero-order chi connectivity index (χ0) is 23.8. The standard InChI is InChI=1S/C26H41NO4Si/c1-26(2,3)32(6,7)31-20-21(9-8-18-28)19-27(22-10-14-24(29-4)15-11-22)23-12-16-25(30-5)17-13-23/h10-17,21,28H,8-9,18-20H2,1-7H3/t21-/m0/s1. The molecule has 0 bridgehead atoms. The van der Waals surface area contributed by atoms with E-state index in [2.05, 4.69) is 63.0 Å². The van der Waals surface area contributed by atoms with Gasteiger partial charge in [-0.3, -0.25) is 0 Å². The van der Waals surface area contributed by atoms with Crippen LogP contribution in [0.2, 0.25) is 18.1 Å². The molecule has 0 unspecified atom stereocenters. The predicted octanol–water partition coefficient (Wildman–Crippen LogP) is 6.25. The molecule has 0 aromatic heterocycles. The molecule has 0 amide bonds. The third kappa shape index (κ3) is 7.25. The molecule has 5 nitrogen and oxygen atoms in total. The van der Waals surface area contributed by atoms with E-state index >= 15 is 0 Å². The van der Waals surface area contributed by atoms with Gasteiger partial charge in [0.25, 0.3) is 0 Å². The third-order valence-corrected chi connectivity index (χ3v) is 11.0. The lowest BCUT2D eigenvalue weighted by molar-refractivity contribution is 0.207. The van der Waals surface area contributed by atoms with Crippen LogP contribution in [0.5, 0.6) is 11.5 Å². The molecule has 0 saturated heterocycles. The average molecular weight is 460 g/mol. The second-order valence-electron chi connectivity index (χ2n) is 9.81. The number of hydrogen-bond acceptors (Lipinski definition) is 5. The first kappa shape index (κ1) is 26.2. The molecule has 0 aliphatic rings. The Morgan fingerprint density at radius 3 is 1.72 bits per heavy atom. The molecule has 32 heavy (non-hydrogen) atoms. The Morgan fingerprint density at radius 2 is 1.34 bits per heavy atom. The molecule has 0 aliphatic carbocycles. The molecule has 1 atom stereocenters. The maximum atomic E-state index is 9.48. The molecule has 6 heteroatoms. The van der Waals surface area contributed by atoms with Crippen LogP contribution in [-0.4, -0.2) is 47.4 Å². The molecule has 0 aliphatic heterocycles. The van der Waals surface area contributed by atoms with Crippen molar-refractivity contribution in [1.29, 1.82) is 0 Å². The second kappa shape index (κ2) is 11.7. The molecule has 0 heterocycles. The fourth-order valence-corrected chi connectivity index (χ4v) is 4.38. The van der Waals surface area contributed by atoms with E-state index in [0.29, 0.717) is 12.5 Å². The van der Waals surface area contributed by atoms with Gasteiger partial charge in [0.15, 0.2) is 8.32 Å². The minimum absolute atomic E-state index is 0.167. The lowest BCUT2D eigenvalue weighted by Crippen LogP contribution is -2.43. The summed E-state index contributed by atoms with van der Waals surface area (Å²) in [5.41, 5.74) is 2.19. The Labute approximate surface area is 195 Å². The number of nitrogens with zero attached hydrogens (tertiary/aromatic N) is 1. The molecular weight excluding hydrogens is 418 g/mol. The van der Waals surface area contributed by atoms with E-state index in [0.717, 1.165) is 42.3 Å². The summed E-state index contributed by atoms with van der Waals surface area (Å²) in [4.78, 5) is 2.32. The third-order valence-electron chi connectivity index (χ3n) is 6.47. The van der Waals surface area contributed by atoms with Crippen molar-refractivity contribution in [3.8, 4) is 11.5 Å². The molecule has 0 saturated carbocycles. The monoisotopic (exact) mass is 459 g/mol. The minimum atomic E-state index is -1.86. The van der Waals surface area contributed by atoms with Gasteiger partial charge < -0.3 is 23.9 Å². The summed E-state index contributed by atoms with van der Waals surface area (Å²) >= 11 is 0. The number of ether oxygens (including phenoxy) is 2. The summed E-state index contributed by atoms with van der Waals surface area (Å²) in [6.45, 7) is 13.1. The van der Waals surface area contributed by atoms with Crippen molar-refractivity contribution in [2.45, 2.75) is 51.7 Å². The number of benzene rings is 2. The Balaban J connectivity index is 2.30. The zero-order valence-corrected chi connectivity index (χ0v) is 21.9. The highest BCUT2D eigenvalue weighted by molar-refractivity contribution is 6.74. The fourth-order valence-electron chi connectivity index (χ4n) is 3.29. The van der Waals surface area contributed by atoms with Gasteiger partial charge in [0.2, 0.25) is 0 Å². The van der Waals surface area contributed by atoms with E-state index in [-0.39, 0.29) is 11.6 Å². The molecule has 2 aromatic rings. The van der Waals surface area contributed by atoms with Crippen LogP contribution in [0.4, 0.5) is 11.4 Å². The molecule has 1 N–H and O–H groups in total. The van der Waals surface area contributed by atoms with Crippen LogP contribution in [-0.2, 0) is 4.43 Å². The van der Waals surface area contributed by atoms with Crippen LogP contribution < -0.4 is 14.4 Å². The van der Waals surface area contributed by atoms with Crippen molar-refractivity contribution in [3.05, 3.63) is 48.5 Å². The fraction of sp³-hybridized carbons (Fsp3) is 0.538. The maximum Gasteiger partial charge on any atom is 0.191 e. The lowest BCUT2D eigenvalue weighted by Gasteiger charge is -2.38. The maximum absolute atomic E-state index is 9.48. The van der Waals surface area contributed by atoms with Crippen molar-refractivity contribution in [2.75, 3.05) is 38.9 Å². The lowest BCUT2D eigenvalue weighted by atomic mass is 10.0. The SMILES string of the molecule is COc1ccc(N(C[C@H](CCCO)CO[Si](C)(C)C(C)(C)C)c2ccc(OC)cc2)cc1. The van der Waals surface area contributed by atoms with Gasteiger partial charge in [-0.25, -0.2) is 0 Å². The molecule has 2 aromatic carbocycles. The summed E-state index contributed by atoms with van der Waals surface area (Å²) < 4.78 is 17.3. The van der Waals surface area contributed by atoms with Crippen molar-refractivity contribution in [1.82, 2.24) is 0 Å². The molecule has 0 fully saturated rings. The van der Waals surface area contributed by atoms with Crippen molar-refractivity contribution >= 4 is 19.7 Å². The van der Waals surface area contributed by atoms with E-state index in [4.69, 9.17) is 13.9 Å². The van der Waals surface area contributed by atoms with E-state index in [9.17, 15) is 5.11 Å². The highest BCUT2D eigenvalue weighted by atomic mass is 28.4. The summed E-state index contributed by atoms with van der Waals surface area (Å²) in [6.07, 6.45) is 1.68. The first-order valence-corrected chi connectivity index (χ1v) is 14.3. The van der Waals surface area contributed by atoms with Crippen molar-refractivity contribution in [2.24, 2.45) is 5.92 Å². The van der Waals surface area contributed by atoms with E-state index in [1.54, 1.807) is 14.2 Å². The van der Waals surface area contributed by atoms with E-state index in [1.165, 1.54) is 0 Å². The molecule has 0 radical (unpaired) electrons. The highest BCUT2D eigenvalue weighted by Crippen LogP contribution is 2.37. The van der Waals surface area contributed by atoms with Crippen LogP contribution in [0.1, 0.15) is 33.6 Å². The number of aliphatic hydroxyl groups excluding tert-OH is 1. The quantitative estimate of drug-likeness (QED) is 0.380. The highest BCUT2D eigenvalue weighted by Gasteiger charge is 2.37. The van der Waals surface area contributed by atoms with Crippen molar-refractivity contribution < 1.29 is 19.0 Å². The number of hydrogen-bond donors (Lipinski definition) is 1. The topological polar surface area (TPSA) is 51.2 Å². The summed E-state index contributed by atoms with van der Waals surface area (Å²) in [7, 11) is 1.50. The smallest absolute Gasteiger partial charge is 0.191 e. The van der Waals surface area contributed by atoms with Gasteiger partial charge in [0, 0.05) is 31.1 Å². The van der Waals surface area contributed by atoms with Gasteiger partial charge >= 0.3 is 0 Å². The molecule has 2 rings (SSSR count). The molecule has 178 valence electrons. The number of methoxy groups -OCH3 is 2. The Kier molecular flexibility index (Phi) is 9.61. The predicted molar refractivity (Wildman–Crippen MR) is 136 cm³/mol. The summed E-state index contributed by atoms with van der Waals surface area (Å²) in [6, 6.07) is 16.3. The van der Waals surface area contributed by atoms with Gasteiger partial charge in [-0.1, -0.05) is 20.8 Å². The Bertz CT molecular complexity index is 753. The molecular formula is C26H41NO4Si. The van der Waals surface area contributed by atoms with E-state index in [1.807, 2.05) is 24.3 Å². The summed E-state index contributed by atoms with van der Waals surface area (Å²) in [5.74, 6) is 1.96. The van der Waals surface area contributed by atoms with Crippen LogP contribution in [0.3, 0.4) is 0 Å². The van der Waals surface area contributed by atoms with Crippen LogP contribution in [0.15, 0.2) is 48.5 Å². The number of anilines is 2. The first-order valence-electron chi connectivity index (χ1n) is 11.4. The van der Waals surface area contributed by atoms with Gasteiger partial charge in [-0.2, -0.15) is 0 Å². The first-order chi connectivity index (χ1) is 15.1. The number of aliphatic hydroxyl groups is 1. The van der Waals surface area contributed by atoms with Crippen LogP contribution >= 0.6 is 0 Å². The Hall–Kier alpha value is -2.02. The second-order valence-corrected chi connectivity index (χ2v) is 14.6. The van der Waals surface area contributed by atoms with Crippen molar-refractivity contribution in [3.63, 3.8) is 0 Å². The number of rotatable bonds is 12.